The van der Waals surface area contributed by atoms with Gasteiger partial charge in [0.15, 0.2) is 0 Å². The minimum atomic E-state index is -0.386. The Morgan fingerprint density at radius 3 is 2.09 bits per heavy atom. The van der Waals surface area contributed by atoms with Gasteiger partial charge in [-0.3, -0.25) is 0 Å². The molecular formula is C30H52O3. The summed E-state index contributed by atoms with van der Waals surface area (Å²) in [6.07, 6.45) is 9.50. The van der Waals surface area contributed by atoms with Crippen molar-refractivity contribution in [2.24, 2.45) is 62.6 Å². The predicted octanol–water partition coefficient (Wildman–Crippen LogP) is 6.05. The number of fused-ring (bicyclic) bond motifs is 7. The predicted molar refractivity (Wildman–Crippen MR) is 133 cm³/mol. The molecule has 3 N–H and O–H groups in total. The first-order valence-corrected chi connectivity index (χ1v) is 14.3. The SMILES string of the molecule is CC(C)[C@@H]1CC[C@@]2(CO)[C@H]1[C@H]1CC[C@@H]3[C@@]4(C)CC[C@H](O)C(C)(C)[C@@H]4CC[C@@]3(C)[C@]1(C)C[C@@H]2O. The van der Waals surface area contributed by atoms with Crippen LogP contribution in [0.4, 0.5) is 0 Å². The van der Waals surface area contributed by atoms with Gasteiger partial charge in [-0.1, -0.05) is 48.5 Å². The average Bonchev–Trinajstić information content (AvgIpc) is 3.13. The zero-order chi connectivity index (χ0) is 24.2. The molecule has 3 nitrogen and oxygen atoms in total. The molecule has 3 heteroatoms. The number of rotatable bonds is 2. The summed E-state index contributed by atoms with van der Waals surface area (Å²) in [5.74, 6) is 3.51. The summed E-state index contributed by atoms with van der Waals surface area (Å²) < 4.78 is 0. The van der Waals surface area contributed by atoms with Crippen LogP contribution in [0.5, 0.6) is 0 Å². The first-order chi connectivity index (χ1) is 15.3. The van der Waals surface area contributed by atoms with Gasteiger partial charge in [0.2, 0.25) is 0 Å². The van der Waals surface area contributed by atoms with Crippen molar-refractivity contribution in [2.45, 2.75) is 118 Å². The van der Waals surface area contributed by atoms with Crippen molar-refractivity contribution in [2.75, 3.05) is 6.61 Å². The van der Waals surface area contributed by atoms with E-state index < -0.39 is 0 Å². The Labute approximate surface area is 203 Å². The van der Waals surface area contributed by atoms with Crippen LogP contribution in [0.15, 0.2) is 0 Å². The lowest BCUT2D eigenvalue weighted by Gasteiger charge is -2.73. The van der Waals surface area contributed by atoms with Crippen molar-refractivity contribution in [3.63, 3.8) is 0 Å². The molecule has 0 bridgehead atoms. The third-order valence-electron chi connectivity index (χ3n) is 13.8. The van der Waals surface area contributed by atoms with Crippen LogP contribution in [-0.2, 0) is 0 Å². The van der Waals surface area contributed by atoms with Gasteiger partial charge in [-0.05, 0) is 115 Å². The highest BCUT2D eigenvalue weighted by molar-refractivity contribution is 5.21. The van der Waals surface area contributed by atoms with Gasteiger partial charge in [0.25, 0.3) is 0 Å². The van der Waals surface area contributed by atoms with Crippen LogP contribution < -0.4 is 0 Å². The van der Waals surface area contributed by atoms with Crippen molar-refractivity contribution < 1.29 is 15.3 Å². The van der Waals surface area contributed by atoms with Gasteiger partial charge >= 0.3 is 0 Å². The van der Waals surface area contributed by atoms with Crippen molar-refractivity contribution in [3.05, 3.63) is 0 Å². The molecular weight excluding hydrogens is 408 g/mol. The lowest BCUT2D eigenvalue weighted by Crippen LogP contribution is -2.68. The summed E-state index contributed by atoms with van der Waals surface area (Å²) in [6, 6.07) is 0. The van der Waals surface area contributed by atoms with Crippen LogP contribution in [0, 0.1) is 62.6 Å². The second-order valence-corrected chi connectivity index (χ2v) is 15.1. The standard InChI is InChI=1S/C30H52O3/c1-18(2)19-10-15-30(17-31)24(33)16-29(7)20(25(19)30)8-9-22-27(5)13-12-23(32)26(3,4)21(27)11-14-28(22,29)6/h18-25,31-33H,8-17H2,1-7H3/t19-,20+,21-,22+,23-,24-,25+,27-,28+,29+,30-/m0/s1. The van der Waals surface area contributed by atoms with E-state index in [2.05, 4.69) is 48.5 Å². The second-order valence-electron chi connectivity index (χ2n) is 15.1. The molecule has 190 valence electrons. The van der Waals surface area contributed by atoms with E-state index in [9.17, 15) is 15.3 Å². The van der Waals surface area contributed by atoms with Gasteiger partial charge in [0, 0.05) is 5.41 Å². The number of hydrogen-bond acceptors (Lipinski definition) is 3. The topological polar surface area (TPSA) is 60.7 Å². The molecule has 0 aromatic rings. The first kappa shape index (κ1) is 24.6. The minimum Gasteiger partial charge on any atom is -0.396 e. The molecule has 5 aliphatic carbocycles. The quantitative estimate of drug-likeness (QED) is 0.470. The Kier molecular flexibility index (Phi) is 5.55. The van der Waals surface area contributed by atoms with Gasteiger partial charge < -0.3 is 15.3 Å². The smallest absolute Gasteiger partial charge is 0.0626 e. The number of aliphatic hydroxyl groups is 3. The summed E-state index contributed by atoms with van der Waals surface area (Å²) >= 11 is 0. The van der Waals surface area contributed by atoms with Crippen molar-refractivity contribution in [1.29, 1.82) is 0 Å². The Morgan fingerprint density at radius 1 is 0.758 bits per heavy atom. The Balaban J connectivity index is 1.57. The summed E-state index contributed by atoms with van der Waals surface area (Å²) in [4.78, 5) is 0. The Bertz CT molecular complexity index is 777. The van der Waals surface area contributed by atoms with E-state index in [4.69, 9.17) is 0 Å². The second kappa shape index (κ2) is 7.45. The zero-order valence-electron chi connectivity index (χ0n) is 22.5. The van der Waals surface area contributed by atoms with Gasteiger partial charge in [0.1, 0.15) is 0 Å². The molecule has 5 fully saturated rings. The Hall–Kier alpha value is -0.120. The maximum Gasteiger partial charge on any atom is 0.0626 e. The van der Waals surface area contributed by atoms with E-state index in [1.54, 1.807) is 0 Å². The van der Waals surface area contributed by atoms with E-state index in [1.165, 1.54) is 32.1 Å². The maximum atomic E-state index is 11.8. The monoisotopic (exact) mass is 460 g/mol. The van der Waals surface area contributed by atoms with Crippen LogP contribution in [0.2, 0.25) is 0 Å². The fourth-order valence-corrected chi connectivity index (χ4v) is 11.9. The van der Waals surface area contributed by atoms with Crippen molar-refractivity contribution in [3.8, 4) is 0 Å². The Morgan fingerprint density at radius 2 is 1.45 bits per heavy atom. The molecule has 5 rings (SSSR count). The van der Waals surface area contributed by atoms with E-state index in [-0.39, 0.29) is 45.9 Å². The molecule has 0 aromatic carbocycles. The molecule has 5 aliphatic rings. The maximum absolute atomic E-state index is 11.8. The fraction of sp³-hybridized carbons (Fsp3) is 1.00. The molecule has 0 unspecified atom stereocenters. The van der Waals surface area contributed by atoms with E-state index >= 15 is 0 Å². The van der Waals surface area contributed by atoms with Crippen LogP contribution >= 0.6 is 0 Å². The van der Waals surface area contributed by atoms with Crippen LogP contribution in [0.1, 0.15) is 106 Å². The van der Waals surface area contributed by atoms with Crippen molar-refractivity contribution >= 4 is 0 Å². The lowest BCUT2D eigenvalue weighted by molar-refractivity contribution is -0.268. The summed E-state index contributed by atoms with van der Waals surface area (Å²) in [6.45, 7) is 17.2. The fourth-order valence-electron chi connectivity index (χ4n) is 11.9. The van der Waals surface area contributed by atoms with Gasteiger partial charge in [-0.15, -0.1) is 0 Å². The third-order valence-corrected chi connectivity index (χ3v) is 13.8. The van der Waals surface area contributed by atoms with E-state index in [1.807, 2.05) is 0 Å². The molecule has 0 aliphatic heterocycles. The first-order valence-electron chi connectivity index (χ1n) is 14.3. The molecule has 0 heterocycles. The van der Waals surface area contributed by atoms with Gasteiger partial charge in [-0.25, -0.2) is 0 Å². The summed E-state index contributed by atoms with van der Waals surface area (Å²) in [5, 5.41) is 33.4. The minimum absolute atomic E-state index is 0.0155. The molecule has 11 atom stereocenters. The molecule has 33 heavy (non-hydrogen) atoms. The highest BCUT2D eigenvalue weighted by atomic mass is 16.3. The molecule has 0 spiro atoms. The lowest BCUT2D eigenvalue weighted by atomic mass is 9.32. The van der Waals surface area contributed by atoms with Gasteiger partial charge in [-0.2, -0.15) is 0 Å². The summed E-state index contributed by atoms with van der Waals surface area (Å²) in [5.41, 5.74) is 0.308. The molecule has 5 saturated carbocycles. The molecule has 0 aromatic heterocycles. The number of aliphatic hydroxyl groups excluding tert-OH is 3. The average molecular weight is 461 g/mol. The highest BCUT2D eigenvalue weighted by Crippen LogP contribution is 2.77. The molecule has 0 radical (unpaired) electrons. The third kappa shape index (κ3) is 2.85. The largest absolute Gasteiger partial charge is 0.396 e. The summed E-state index contributed by atoms with van der Waals surface area (Å²) in [7, 11) is 0. The normalized spacial score (nSPS) is 57.7. The van der Waals surface area contributed by atoms with Crippen LogP contribution in [0.3, 0.4) is 0 Å². The zero-order valence-corrected chi connectivity index (χ0v) is 22.5. The molecule has 0 saturated heterocycles. The van der Waals surface area contributed by atoms with Crippen LogP contribution in [-0.4, -0.2) is 34.1 Å². The van der Waals surface area contributed by atoms with Crippen molar-refractivity contribution in [1.82, 2.24) is 0 Å². The van der Waals surface area contributed by atoms with E-state index in [0.29, 0.717) is 35.5 Å². The number of hydrogen-bond donors (Lipinski definition) is 3. The van der Waals surface area contributed by atoms with Gasteiger partial charge in [0.05, 0.1) is 18.8 Å². The highest BCUT2D eigenvalue weighted by Gasteiger charge is 2.72. The van der Waals surface area contributed by atoms with E-state index in [0.717, 1.165) is 25.7 Å². The van der Waals surface area contributed by atoms with Crippen LogP contribution in [0.25, 0.3) is 0 Å². The molecule has 0 amide bonds.